The predicted octanol–water partition coefficient (Wildman–Crippen LogP) is 4.98. The maximum absolute atomic E-state index is 12.2. The van der Waals surface area contributed by atoms with Gasteiger partial charge in [0.1, 0.15) is 5.60 Å². The second-order valence-corrected chi connectivity index (χ2v) is 11.3. The monoisotopic (exact) mass is 368 g/mol. The van der Waals surface area contributed by atoms with Crippen molar-refractivity contribution in [2.24, 2.45) is 34.0 Å². The molecule has 0 radical (unpaired) electrons. The third-order valence-electron chi connectivity index (χ3n) is 10.4. The van der Waals surface area contributed by atoms with Crippen molar-refractivity contribution >= 4 is 11.8 Å². The molecular weight excluding hydrogens is 336 g/mol. The van der Waals surface area contributed by atoms with Crippen LogP contribution in [-0.4, -0.2) is 17.4 Å². The van der Waals surface area contributed by atoms with Gasteiger partial charge in [-0.2, -0.15) is 0 Å². The van der Waals surface area contributed by atoms with Crippen LogP contribution in [0.1, 0.15) is 84.5 Å². The molecule has 0 aromatic carbocycles. The van der Waals surface area contributed by atoms with E-state index in [0.29, 0.717) is 29.5 Å². The van der Waals surface area contributed by atoms with Gasteiger partial charge in [0.15, 0.2) is 5.78 Å². The Morgan fingerprint density at radius 2 is 1.70 bits per heavy atom. The van der Waals surface area contributed by atoms with Gasteiger partial charge in [0.2, 0.25) is 0 Å². The van der Waals surface area contributed by atoms with Crippen molar-refractivity contribution in [2.45, 2.75) is 90.1 Å². The first-order valence-electron chi connectivity index (χ1n) is 11.3. The molecule has 3 nitrogen and oxygen atoms in total. The second-order valence-electron chi connectivity index (χ2n) is 11.3. The fourth-order valence-electron chi connectivity index (χ4n) is 8.90. The zero-order valence-corrected chi connectivity index (χ0v) is 16.8. The van der Waals surface area contributed by atoms with Gasteiger partial charge >= 0.3 is 5.97 Å². The summed E-state index contributed by atoms with van der Waals surface area (Å²) in [7, 11) is 0. The van der Waals surface area contributed by atoms with Gasteiger partial charge in [0.25, 0.3) is 0 Å². The Labute approximate surface area is 162 Å². The summed E-state index contributed by atoms with van der Waals surface area (Å²) in [5, 5.41) is 0. The lowest BCUT2D eigenvalue weighted by atomic mass is 9.44. The molecule has 4 saturated carbocycles. The molecule has 0 amide bonds. The number of carbonyl (C=O) groups excluding carboxylic acids is 2. The maximum Gasteiger partial charge on any atom is 0.306 e. The minimum absolute atomic E-state index is 0.0317. The molecule has 0 aromatic heterocycles. The Morgan fingerprint density at radius 3 is 2.41 bits per heavy atom. The zero-order chi connectivity index (χ0) is 18.7. The van der Waals surface area contributed by atoms with Gasteiger partial charge in [0.05, 0.1) is 0 Å². The molecule has 5 aliphatic carbocycles. The first-order valence-corrected chi connectivity index (χ1v) is 11.3. The van der Waals surface area contributed by atoms with Crippen molar-refractivity contribution in [1.82, 2.24) is 0 Å². The van der Waals surface area contributed by atoms with Crippen LogP contribution in [0.2, 0.25) is 0 Å². The summed E-state index contributed by atoms with van der Waals surface area (Å²) in [5.74, 6) is 2.55. The molecule has 1 aliphatic heterocycles. The van der Waals surface area contributed by atoms with E-state index in [-0.39, 0.29) is 22.4 Å². The van der Waals surface area contributed by atoms with Gasteiger partial charge in [-0.3, -0.25) is 9.59 Å². The van der Waals surface area contributed by atoms with Crippen LogP contribution >= 0.6 is 0 Å². The number of rotatable bonds is 0. The number of carbonyl (C=O) groups is 2. The van der Waals surface area contributed by atoms with E-state index >= 15 is 0 Å². The highest BCUT2D eigenvalue weighted by molar-refractivity contribution is 5.92. The first kappa shape index (κ1) is 16.8. The highest BCUT2D eigenvalue weighted by atomic mass is 16.6. The minimum atomic E-state index is -0.171. The number of fused-ring (bicyclic) bond motifs is 7. The van der Waals surface area contributed by atoms with E-state index in [9.17, 15) is 9.59 Å². The van der Waals surface area contributed by atoms with Crippen LogP contribution in [0.3, 0.4) is 0 Å². The molecule has 0 aromatic rings. The van der Waals surface area contributed by atoms with Gasteiger partial charge in [-0.15, -0.1) is 0 Å². The molecule has 0 bridgehead atoms. The quantitative estimate of drug-likeness (QED) is 0.566. The number of ketones is 1. The van der Waals surface area contributed by atoms with Crippen LogP contribution in [0.5, 0.6) is 0 Å². The molecule has 5 unspecified atom stereocenters. The predicted molar refractivity (Wildman–Crippen MR) is 102 cm³/mol. The molecule has 1 heterocycles. The number of esters is 1. The summed E-state index contributed by atoms with van der Waals surface area (Å²) in [4.78, 5) is 24.3. The normalized spacial score (nSPS) is 52.2. The Bertz CT molecular complexity index is 776. The van der Waals surface area contributed by atoms with Crippen LogP contribution in [0.4, 0.5) is 0 Å². The van der Waals surface area contributed by atoms with Crippen molar-refractivity contribution in [3.63, 3.8) is 0 Å². The summed E-state index contributed by atoms with van der Waals surface area (Å²) in [5.41, 5.74) is 2.11. The lowest BCUT2D eigenvalue weighted by Gasteiger charge is -2.61. The van der Waals surface area contributed by atoms with E-state index in [4.69, 9.17) is 4.74 Å². The molecule has 146 valence electrons. The lowest BCUT2D eigenvalue weighted by molar-refractivity contribution is -0.169. The van der Waals surface area contributed by atoms with Gasteiger partial charge in [-0.1, -0.05) is 19.4 Å². The van der Waals surface area contributed by atoms with Crippen LogP contribution < -0.4 is 0 Å². The third-order valence-corrected chi connectivity index (χ3v) is 10.4. The summed E-state index contributed by atoms with van der Waals surface area (Å²) < 4.78 is 6.08. The van der Waals surface area contributed by atoms with Crippen molar-refractivity contribution in [3.05, 3.63) is 11.6 Å². The number of hydrogen-bond acceptors (Lipinski definition) is 3. The second kappa shape index (κ2) is 4.89. The van der Waals surface area contributed by atoms with E-state index < -0.39 is 0 Å². The molecule has 27 heavy (non-hydrogen) atoms. The van der Waals surface area contributed by atoms with Crippen molar-refractivity contribution in [2.75, 3.05) is 0 Å². The number of ether oxygens (including phenoxy) is 1. The molecule has 3 heteroatoms. The van der Waals surface area contributed by atoms with E-state index in [1.165, 1.54) is 44.1 Å². The molecular formula is C24H32O3. The van der Waals surface area contributed by atoms with Crippen LogP contribution in [-0.2, 0) is 14.3 Å². The van der Waals surface area contributed by atoms with E-state index in [1.54, 1.807) is 0 Å². The summed E-state index contributed by atoms with van der Waals surface area (Å²) in [6.45, 7) is 4.95. The Morgan fingerprint density at radius 1 is 0.926 bits per heavy atom. The zero-order valence-electron chi connectivity index (χ0n) is 16.8. The van der Waals surface area contributed by atoms with Crippen LogP contribution in [0, 0.1) is 34.0 Å². The molecule has 6 aliphatic rings. The number of hydrogen-bond donors (Lipinski definition) is 0. The first-order chi connectivity index (χ1) is 12.8. The van der Waals surface area contributed by atoms with E-state index in [0.717, 1.165) is 31.6 Å². The lowest BCUT2D eigenvalue weighted by Crippen LogP contribution is -2.56. The van der Waals surface area contributed by atoms with Gasteiger partial charge in [-0.25, -0.2) is 0 Å². The highest BCUT2D eigenvalue weighted by Gasteiger charge is 2.70. The molecule has 0 N–H and O–H groups in total. The molecule has 6 rings (SSSR count). The summed E-state index contributed by atoms with van der Waals surface area (Å²) in [6.07, 6.45) is 14.0. The van der Waals surface area contributed by atoms with Crippen molar-refractivity contribution in [1.29, 1.82) is 0 Å². The average molecular weight is 369 g/mol. The Kier molecular flexibility index (Phi) is 3.04. The Hall–Kier alpha value is -1.12. The van der Waals surface area contributed by atoms with Crippen LogP contribution in [0.25, 0.3) is 0 Å². The van der Waals surface area contributed by atoms with Crippen molar-refractivity contribution in [3.8, 4) is 0 Å². The average Bonchev–Trinajstić information content (AvgIpc) is 3.19. The number of allylic oxidation sites excluding steroid dienone is 1. The van der Waals surface area contributed by atoms with E-state index in [1.807, 2.05) is 0 Å². The molecule has 5 fully saturated rings. The highest BCUT2D eigenvalue weighted by Crippen LogP contribution is 2.76. The standard InChI is InChI=1S/C24H32O3/c1-21-7-3-15(25)13-19(21)23(11-12-23)14-16-17(21)4-8-22(2)18(16)5-9-24(22)10-6-20(26)27-24/h13,16-18H,3-12,14H2,1-2H3/t16?,17?,18?,21?,22?,24-/m1/s1. The summed E-state index contributed by atoms with van der Waals surface area (Å²) >= 11 is 0. The minimum Gasteiger partial charge on any atom is -0.458 e. The fraction of sp³-hybridized carbons (Fsp3) is 0.833. The molecule has 1 saturated heterocycles. The summed E-state index contributed by atoms with van der Waals surface area (Å²) in [6, 6.07) is 0. The van der Waals surface area contributed by atoms with E-state index in [2.05, 4.69) is 19.9 Å². The van der Waals surface area contributed by atoms with Crippen LogP contribution in [0.15, 0.2) is 11.6 Å². The molecule has 2 spiro atoms. The fourth-order valence-corrected chi connectivity index (χ4v) is 8.90. The van der Waals surface area contributed by atoms with Gasteiger partial charge in [-0.05, 0) is 92.4 Å². The van der Waals surface area contributed by atoms with Gasteiger partial charge in [0, 0.05) is 18.3 Å². The van der Waals surface area contributed by atoms with Gasteiger partial charge < -0.3 is 4.74 Å². The topological polar surface area (TPSA) is 43.4 Å². The third kappa shape index (κ3) is 1.90. The largest absolute Gasteiger partial charge is 0.458 e. The molecule has 6 atom stereocenters. The SMILES string of the molecule is CC12CCC(=O)C=C1C1(CC1)CC1C2CCC2(C)C1CC[C@@]21CCC(=O)O1. The Balaban J connectivity index is 1.41. The maximum atomic E-state index is 12.2. The van der Waals surface area contributed by atoms with Crippen molar-refractivity contribution < 1.29 is 14.3 Å². The smallest absolute Gasteiger partial charge is 0.306 e.